The van der Waals surface area contributed by atoms with E-state index in [0.29, 0.717) is 49.0 Å². The normalized spacial score (nSPS) is 16.2. The number of piperidine rings is 1. The molecule has 0 aliphatic carbocycles. The average Bonchev–Trinajstić information content (AvgIpc) is 3.27. The lowest BCUT2D eigenvalue weighted by Crippen LogP contribution is -2.44. The molecule has 7 nitrogen and oxygen atoms in total. The van der Waals surface area contributed by atoms with Gasteiger partial charge in [-0.3, -0.25) is 4.79 Å². The van der Waals surface area contributed by atoms with Gasteiger partial charge in [0.15, 0.2) is 11.8 Å². The van der Waals surface area contributed by atoms with Crippen LogP contribution in [0.1, 0.15) is 37.0 Å². The minimum atomic E-state index is -0.290. The Morgan fingerprint density at radius 1 is 1.16 bits per heavy atom. The number of likely N-dealkylation sites (tertiary alicyclic amines) is 1. The van der Waals surface area contributed by atoms with Gasteiger partial charge in [0.25, 0.3) is 0 Å². The number of carbonyl (C=O) groups excluding carboxylic acids is 1. The summed E-state index contributed by atoms with van der Waals surface area (Å²) in [6.07, 6.45) is 1.30. The molecule has 3 aromatic rings. The largest absolute Gasteiger partial charge is 0.369 e. The van der Waals surface area contributed by atoms with E-state index in [2.05, 4.69) is 10.1 Å². The molecular formula is C24H26FN5O2. The summed E-state index contributed by atoms with van der Waals surface area (Å²) in [6, 6.07) is 16.3. The molecule has 2 aromatic carbocycles. The smallest absolute Gasteiger partial charge is 0.220 e. The topological polar surface area (TPSA) is 111 Å². The Bertz CT molecular complexity index is 1120. The molecule has 0 saturated carbocycles. The predicted octanol–water partition coefficient (Wildman–Crippen LogP) is 3.78. The van der Waals surface area contributed by atoms with Crippen LogP contribution in [0.2, 0.25) is 0 Å². The average molecular weight is 436 g/mol. The monoisotopic (exact) mass is 435 g/mol. The molecule has 1 fully saturated rings. The minimum absolute atomic E-state index is 0.118. The van der Waals surface area contributed by atoms with E-state index in [9.17, 15) is 9.18 Å². The van der Waals surface area contributed by atoms with Gasteiger partial charge in [-0.05, 0) is 30.0 Å². The summed E-state index contributed by atoms with van der Waals surface area (Å²) < 4.78 is 20.2. The number of nitrogens with zero attached hydrogens (tertiary/aromatic N) is 3. The van der Waals surface area contributed by atoms with Crippen molar-refractivity contribution in [1.82, 2.24) is 10.1 Å². The number of carbonyl (C=O) groups is 1. The van der Waals surface area contributed by atoms with E-state index in [1.807, 2.05) is 48.2 Å². The summed E-state index contributed by atoms with van der Waals surface area (Å²) in [5.74, 6) is 0.341. The third-order valence-electron chi connectivity index (χ3n) is 5.97. The van der Waals surface area contributed by atoms with Gasteiger partial charge in [0.2, 0.25) is 5.91 Å². The lowest BCUT2D eigenvalue weighted by molar-refractivity contribution is -0.122. The van der Waals surface area contributed by atoms with Crippen LogP contribution < -0.4 is 11.5 Å². The molecule has 2 heterocycles. The van der Waals surface area contributed by atoms with Gasteiger partial charge in [-0.2, -0.15) is 4.99 Å². The number of aliphatic imine (C=N–C) groups is 1. The van der Waals surface area contributed by atoms with Gasteiger partial charge < -0.3 is 20.9 Å². The van der Waals surface area contributed by atoms with E-state index in [4.69, 9.17) is 16.0 Å². The molecule has 1 amide bonds. The number of hydrogen-bond donors (Lipinski definition) is 2. The second kappa shape index (κ2) is 9.21. The molecular weight excluding hydrogens is 409 g/mol. The summed E-state index contributed by atoms with van der Waals surface area (Å²) in [5.41, 5.74) is 13.6. The standard InChI is InChI=1S/C24H26FN5O2/c1-15(18-7-8-19(20(25)13-18)16-5-3-2-4-6-16)21-14-22(29-32-21)28-24(27)30-11-9-17(10-12-30)23(26)31/h2-8,13-15,17H,9-12H2,1H3,(H2,26,31)(H2,27,28,29). The van der Waals surface area contributed by atoms with E-state index >= 15 is 0 Å². The van der Waals surface area contributed by atoms with Crippen molar-refractivity contribution in [3.63, 3.8) is 0 Å². The van der Waals surface area contributed by atoms with Crippen molar-refractivity contribution in [3.05, 3.63) is 71.7 Å². The van der Waals surface area contributed by atoms with Crippen LogP contribution in [0.5, 0.6) is 0 Å². The number of benzene rings is 2. The number of amides is 1. The lowest BCUT2D eigenvalue weighted by atomic mass is 9.95. The molecule has 1 aromatic heterocycles. The van der Waals surface area contributed by atoms with Crippen molar-refractivity contribution in [2.24, 2.45) is 22.4 Å². The highest BCUT2D eigenvalue weighted by Crippen LogP contribution is 2.31. The lowest BCUT2D eigenvalue weighted by Gasteiger charge is -2.31. The number of halogens is 1. The number of guanidine groups is 1. The third kappa shape index (κ3) is 4.64. The molecule has 1 aliphatic rings. The van der Waals surface area contributed by atoms with Gasteiger partial charge in [-0.15, -0.1) is 0 Å². The van der Waals surface area contributed by atoms with Crippen LogP contribution in [0.4, 0.5) is 10.2 Å². The maximum absolute atomic E-state index is 14.8. The van der Waals surface area contributed by atoms with E-state index in [1.54, 1.807) is 12.1 Å². The van der Waals surface area contributed by atoms with Gasteiger partial charge in [-0.25, -0.2) is 4.39 Å². The molecule has 8 heteroatoms. The first-order valence-corrected chi connectivity index (χ1v) is 10.6. The molecule has 1 aliphatic heterocycles. The minimum Gasteiger partial charge on any atom is -0.369 e. The van der Waals surface area contributed by atoms with Crippen LogP contribution in [-0.2, 0) is 4.79 Å². The first-order chi connectivity index (χ1) is 15.4. The second-order valence-corrected chi connectivity index (χ2v) is 8.05. The molecule has 166 valence electrons. The molecule has 1 unspecified atom stereocenters. The van der Waals surface area contributed by atoms with Crippen LogP contribution in [-0.4, -0.2) is 35.0 Å². The fourth-order valence-corrected chi connectivity index (χ4v) is 3.93. The summed E-state index contributed by atoms with van der Waals surface area (Å²) in [7, 11) is 0. The van der Waals surface area contributed by atoms with Crippen molar-refractivity contribution >= 4 is 17.7 Å². The van der Waals surface area contributed by atoms with Crippen molar-refractivity contribution < 1.29 is 13.7 Å². The molecule has 1 saturated heterocycles. The van der Waals surface area contributed by atoms with Crippen molar-refractivity contribution in [2.45, 2.75) is 25.7 Å². The fraction of sp³-hybridized carbons (Fsp3) is 0.292. The molecule has 4 rings (SSSR count). The quantitative estimate of drug-likeness (QED) is 0.468. The number of primary amides is 1. The third-order valence-corrected chi connectivity index (χ3v) is 5.97. The highest BCUT2D eigenvalue weighted by Gasteiger charge is 2.24. The van der Waals surface area contributed by atoms with Crippen LogP contribution in [0.3, 0.4) is 0 Å². The summed E-state index contributed by atoms with van der Waals surface area (Å²) in [6.45, 7) is 3.14. The highest BCUT2D eigenvalue weighted by atomic mass is 19.1. The summed E-state index contributed by atoms with van der Waals surface area (Å²) in [4.78, 5) is 17.6. The van der Waals surface area contributed by atoms with E-state index in [0.717, 1.165) is 11.1 Å². The Hall–Kier alpha value is -3.68. The van der Waals surface area contributed by atoms with Gasteiger partial charge in [0, 0.05) is 36.6 Å². The zero-order valence-electron chi connectivity index (χ0n) is 17.9. The molecule has 32 heavy (non-hydrogen) atoms. The number of aromatic nitrogens is 1. The molecule has 0 radical (unpaired) electrons. The van der Waals surface area contributed by atoms with Crippen molar-refractivity contribution in [1.29, 1.82) is 0 Å². The maximum Gasteiger partial charge on any atom is 0.220 e. The summed E-state index contributed by atoms with van der Waals surface area (Å²) >= 11 is 0. The van der Waals surface area contributed by atoms with Crippen LogP contribution in [0, 0.1) is 11.7 Å². The van der Waals surface area contributed by atoms with Crippen molar-refractivity contribution in [2.75, 3.05) is 13.1 Å². The summed E-state index contributed by atoms with van der Waals surface area (Å²) in [5, 5.41) is 3.99. The number of hydrogen-bond acceptors (Lipinski definition) is 4. The second-order valence-electron chi connectivity index (χ2n) is 8.05. The Labute approximate surface area is 185 Å². The Morgan fingerprint density at radius 3 is 2.53 bits per heavy atom. The van der Waals surface area contributed by atoms with Gasteiger partial charge in [0.1, 0.15) is 11.6 Å². The first kappa shape index (κ1) is 21.5. The number of rotatable bonds is 5. The van der Waals surface area contributed by atoms with Crippen molar-refractivity contribution in [3.8, 4) is 11.1 Å². The Morgan fingerprint density at radius 2 is 1.88 bits per heavy atom. The molecule has 0 spiro atoms. The predicted molar refractivity (Wildman–Crippen MR) is 121 cm³/mol. The van der Waals surface area contributed by atoms with Gasteiger partial charge in [0.05, 0.1) is 0 Å². The molecule has 0 bridgehead atoms. The van der Waals surface area contributed by atoms with E-state index in [1.165, 1.54) is 6.07 Å². The zero-order valence-corrected chi connectivity index (χ0v) is 17.9. The molecule has 1 atom stereocenters. The van der Waals surface area contributed by atoms with E-state index in [-0.39, 0.29) is 23.6 Å². The zero-order chi connectivity index (χ0) is 22.7. The molecule has 4 N–H and O–H groups in total. The van der Waals surface area contributed by atoms with Gasteiger partial charge in [-0.1, -0.05) is 54.5 Å². The SMILES string of the molecule is CC(c1ccc(-c2ccccc2)c(F)c1)c1cc(N=C(N)N2CCC(C(N)=O)CC2)no1. The van der Waals surface area contributed by atoms with Crippen LogP contribution in [0.25, 0.3) is 11.1 Å². The van der Waals surface area contributed by atoms with Gasteiger partial charge >= 0.3 is 0 Å². The van der Waals surface area contributed by atoms with E-state index < -0.39 is 0 Å². The maximum atomic E-state index is 14.8. The van der Waals surface area contributed by atoms with Crippen LogP contribution in [0.15, 0.2) is 64.1 Å². The van der Waals surface area contributed by atoms with Crippen LogP contribution >= 0.6 is 0 Å². The number of nitrogens with two attached hydrogens (primary N) is 2. The Kier molecular flexibility index (Phi) is 6.20. The first-order valence-electron chi connectivity index (χ1n) is 10.6. The highest BCUT2D eigenvalue weighted by molar-refractivity contribution is 5.81. The fourth-order valence-electron chi connectivity index (χ4n) is 3.93. The Balaban J connectivity index is 1.46.